The van der Waals surface area contributed by atoms with Gasteiger partial charge >= 0.3 is 0 Å². The number of rotatable bonds is 0. The molecule has 4 aromatic carbocycles. The number of benzene rings is 4. The summed E-state index contributed by atoms with van der Waals surface area (Å²) in [6, 6.07) is 10.9. The lowest BCUT2D eigenvalue weighted by Crippen LogP contribution is -1.98. The Balaban J connectivity index is 1.87. The molecule has 0 atom stereocenters. The highest BCUT2D eigenvalue weighted by atomic mass is 35.5. The van der Waals surface area contributed by atoms with Gasteiger partial charge in [-0.1, -0.05) is 69.6 Å². The van der Waals surface area contributed by atoms with Gasteiger partial charge in [0.15, 0.2) is 0 Å². The fraction of sp³-hybridized carbons (Fsp3) is 0.0714. The molecule has 2 aliphatic carbocycles. The zero-order chi connectivity index (χ0) is 27.5. The van der Waals surface area contributed by atoms with Crippen LogP contribution >= 0.6 is 69.6 Å². The molecule has 0 unspecified atom stereocenters. The number of phenols is 4. The molecule has 4 nitrogen and oxygen atoms in total. The van der Waals surface area contributed by atoms with Crippen molar-refractivity contribution in [3.05, 3.63) is 89.8 Å². The Kier molecular flexibility index (Phi) is 7.34. The third kappa shape index (κ3) is 4.75. The summed E-state index contributed by atoms with van der Waals surface area (Å²) >= 11 is 38.7. The normalized spacial score (nSPS) is 14.2. The first-order valence-corrected chi connectivity index (χ1v) is 13.4. The fourth-order valence-electron chi connectivity index (χ4n) is 4.51. The maximum absolute atomic E-state index is 11.1. The van der Waals surface area contributed by atoms with Gasteiger partial charge in [-0.05, 0) is 83.6 Å². The van der Waals surface area contributed by atoms with Gasteiger partial charge in [-0.3, -0.25) is 0 Å². The molecule has 0 radical (unpaired) electrons. The van der Waals surface area contributed by atoms with E-state index in [1.165, 1.54) is 30.3 Å². The summed E-state index contributed by atoms with van der Waals surface area (Å²) in [6.45, 7) is 0. The molecule has 38 heavy (non-hydrogen) atoms. The molecule has 4 N–H and O–H groups in total. The lowest BCUT2D eigenvalue weighted by Gasteiger charge is -2.18. The summed E-state index contributed by atoms with van der Waals surface area (Å²) in [6.07, 6.45) is 2.28. The first-order valence-electron chi connectivity index (χ1n) is 11.1. The summed E-state index contributed by atoms with van der Waals surface area (Å²) < 4.78 is 0. The van der Waals surface area contributed by atoms with Crippen LogP contribution in [0.4, 0.5) is 0 Å². The van der Waals surface area contributed by atoms with Crippen LogP contribution in [0.3, 0.4) is 0 Å². The zero-order valence-electron chi connectivity index (χ0n) is 19.1. The van der Waals surface area contributed by atoms with Crippen LogP contribution in [0.1, 0.15) is 22.3 Å². The van der Waals surface area contributed by atoms with E-state index in [1.54, 1.807) is 18.2 Å². The highest BCUT2D eigenvalue weighted by Gasteiger charge is 2.23. The maximum atomic E-state index is 11.1. The fourth-order valence-corrected chi connectivity index (χ4v) is 6.22. The van der Waals surface area contributed by atoms with E-state index in [-0.39, 0.29) is 69.8 Å². The van der Waals surface area contributed by atoms with Gasteiger partial charge in [-0.25, -0.2) is 0 Å². The second kappa shape index (κ2) is 10.3. The molecule has 6 rings (SSSR count). The van der Waals surface area contributed by atoms with Crippen molar-refractivity contribution in [2.24, 2.45) is 0 Å². The number of hydrogen-bond donors (Lipinski definition) is 4. The van der Waals surface area contributed by atoms with Crippen molar-refractivity contribution < 1.29 is 20.4 Å². The lowest BCUT2D eigenvalue weighted by molar-refractivity contribution is 0.469. The highest BCUT2D eigenvalue weighted by molar-refractivity contribution is 6.55. The molecule has 0 fully saturated rings. The number of phenolic OH excluding ortho intramolecular Hbond substituents is 4. The number of aromatic hydroxyl groups is 4. The predicted octanol–water partition coefficient (Wildman–Crippen LogP) is 9.95. The molecule has 4 aromatic rings. The van der Waals surface area contributed by atoms with Crippen molar-refractivity contribution in [2.75, 3.05) is 0 Å². The van der Waals surface area contributed by atoms with Crippen molar-refractivity contribution in [1.29, 1.82) is 0 Å². The minimum absolute atomic E-state index is 0.0110. The molecule has 0 heterocycles. The lowest BCUT2D eigenvalue weighted by atomic mass is 9.91. The molecular formula is C28H16Cl6O4. The van der Waals surface area contributed by atoms with Crippen molar-refractivity contribution in [1.82, 2.24) is 0 Å². The number of halogens is 6. The van der Waals surface area contributed by atoms with Crippen molar-refractivity contribution >= 4 is 80.7 Å². The standard InChI is InChI=1S/C28H16Cl6O4/c29-18-9-14-13(8-23(18)35)2-1-11-3-15(26(36)21(32)5-11)16-4-12(7-22(33)27(16)37)6-19(30)24-20(31)10-17(14)28(38)25(24)34/h3-10,35-38H,1-2H2/b19-6+. The van der Waals surface area contributed by atoms with Crippen LogP contribution in [0.15, 0.2) is 42.5 Å². The molecule has 6 bridgehead atoms. The first kappa shape index (κ1) is 27.1. The average molecular weight is 629 g/mol. The van der Waals surface area contributed by atoms with E-state index in [1.807, 2.05) is 0 Å². The summed E-state index contributed by atoms with van der Waals surface area (Å²) in [5, 5.41) is 43.3. The molecule has 0 aliphatic heterocycles. The molecule has 10 heteroatoms. The van der Waals surface area contributed by atoms with Gasteiger partial charge in [0.1, 0.15) is 23.0 Å². The molecule has 2 aliphatic rings. The Hall–Kier alpha value is -2.44. The monoisotopic (exact) mass is 626 g/mol. The van der Waals surface area contributed by atoms with Crippen LogP contribution < -0.4 is 0 Å². The van der Waals surface area contributed by atoms with Crippen molar-refractivity contribution in [2.45, 2.75) is 12.8 Å². The number of aryl methyl sites for hydroxylation is 2. The second-order valence-corrected chi connectivity index (χ2v) is 11.2. The van der Waals surface area contributed by atoms with E-state index in [0.29, 0.717) is 35.1 Å². The van der Waals surface area contributed by atoms with Gasteiger partial charge in [0, 0.05) is 22.3 Å². The average Bonchev–Trinajstić information content (AvgIpc) is 2.85. The molecule has 0 spiro atoms. The molecule has 194 valence electrons. The summed E-state index contributed by atoms with van der Waals surface area (Å²) in [4.78, 5) is 0. The number of hydrogen-bond acceptors (Lipinski definition) is 4. The SMILES string of the molecule is Oc1cc2c(cc1Cl)-c1cc(Cl)c(c(Cl)c1O)/C(Cl)=C\c1cc(Cl)c(O)c(c1)-c1cc(cc(Cl)c1O)CC2. The van der Waals surface area contributed by atoms with E-state index in [2.05, 4.69) is 0 Å². The topological polar surface area (TPSA) is 80.9 Å². The third-order valence-electron chi connectivity index (χ3n) is 6.37. The van der Waals surface area contributed by atoms with Crippen LogP contribution in [0.2, 0.25) is 25.1 Å². The van der Waals surface area contributed by atoms with Crippen LogP contribution in [0.25, 0.3) is 33.4 Å². The van der Waals surface area contributed by atoms with Gasteiger partial charge in [0.2, 0.25) is 0 Å². The highest BCUT2D eigenvalue weighted by Crippen LogP contribution is 2.49. The largest absolute Gasteiger partial charge is 0.506 e. The van der Waals surface area contributed by atoms with Gasteiger partial charge in [0.25, 0.3) is 0 Å². The second-order valence-electron chi connectivity index (χ2n) is 8.77. The Morgan fingerprint density at radius 1 is 0.526 bits per heavy atom. The van der Waals surface area contributed by atoms with Crippen LogP contribution in [0, 0.1) is 0 Å². The van der Waals surface area contributed by atoms with E-state index < -0.39 is 0 Å². The summed E-state index contributed by atoms with van der Waals surface area (Å²) in [7, 11) is 0. The van der Waals surface area contributed by atoms with Crippen molar-refractivity contribution in [3.8, 4) is 45.3 Å². The quantitative estimate of drug-likeness (QED) is 0.156. The minimum Gasteiger partial charge on any atom is -0.506 e. The summed E-state index contributed by atoms with van der Waals surface area (Å²) in [5.41, 5.74) is 3.29. The third-order valence-corrected chi connectivity index (χ3v) is 8.21. The van der Waals surface area contributed by atoms with Crippen LogP contribution in [-0.2, 0) is 12.8 Å². The zero-order valence-corrected chi connectivity index (χ0v) is 23.6. The molecular weight excluding hydrogens is 613 g/mol. The molecule has 0 amide bonds. The van der Waals surface area contributed by atoms with Crippen molar-refractivity contribution in [3.63, 3.8) is 0 Å². The minimum atomic E-state index is -0.271. The number of fused-ring (bicyclic) bond motifs is 3. The van der Waals surface area contributed by atoms with E-state index >= 15 is 0 Å². The van der Waals surface area contributed by atoms with Gasteiger partial charge in [0.05, 0.1) is 30.1 Å². The van der Waals surface area contributed by atoms with E-state index in [0.717, 1.165) is 5.56 Å². The first-order chi connectivity index (χ1) is 18.0. The van der Waals surface area contributed by atoms with E-state index in [4.69, 9.17) is 69.6 Å². The molecule has 0 saturated carbocycles. The van der Waals surface area contributed by atoms with Gasteiger partial charge < -0.3 is 20.4 Å². The molecule has 0 aromatic heterocycles. The van der Waals surface area contributed by atoms with Crippen LogP contribution in [0.5, 0.6) is 23.0 Å². The smallest absolute Gasteiger partial charge is 0.142 e. The summed E-state index contributed by atoms with van der Waals surface area (Å²) in [5.74, 6) is -0.898. The Morgan fingerprint density at radius 3 is 1.84 bits per heavy atom. The van der Waals surface area contributed by atoms with Gasteiger partial charge in [-0.2, -0.15) is 0 Å². The maximum Gasteiger partial charge on any atom is 0.142 e. The molecule has 0 saturated heterocycles. The van der Waals surface area contributed by atoms with E-state index in [9.17, 15) is 20.4 Å². The van der Waals surface area contributed by atoms with Gasteiger partial charge in [-0.15, -0.1) is 0 Å². The Morgan fingerprint density at radius 2 is 1.13 bits per heavy atom. The Bertz CT molecular complexity index is 1680. The predicted molar refractivity (Wildman–Crippen MR) is 157 cm³/mol. The Labute approximate surface area is 247 Å². The van der Waals surface area contributed by atoms with Crippen LogP contribution in [-0.4, -0.2) is 20.4 Å².